The Morgan fingerprint density at radius 1 is 1.10 bits per heavy atom. The van der Waals surface area contributed by atoms with Gasteiger partial charge in [0.25, 0.3) is 5.69 Å². The fourth-order valence-electron chi connectivity index (χ4n) is 4.30. The minimum Gasteiger partial charge on any atom is -0.361 e. The lowest BCUT2D eigenvalue weighted by atomic mass is 9.72. The zero-order valence-electron chi connectivity index (χ0n) is 15.9. The van der Waals surface area contributed by atoms with Gasteiger partial charge in [0, 0.05) is 35.5 Å². The smallest absolute Gasteiger partial charge is 0.269 e. The molecule has 0 spiro atoms. The predicted molar refractivity (Wildman–Crippen MR) is 108 cm³/mol. The van der Waals surface area contributed by atoms with Crippen LogP contribution in [0.1, 0.15) is 42.7 Å². The fraction of sp³-hybridized carbons (Fsp3) is 0.217. The number of carbonyl (C=O) groups is 1. The Kier molecular flexibility index (Phi) is 4.73. The van der Waals surface area contributed by atoms with Gasteiger partial charge in [-0.25, -0.2) is 0 Å². The van der Waals surface area contributed by atoms with E-state index < -0.39 is 10.8 Å². The van der Waals surface area contributed by atoms with Crippen LogP contribution < -0.4 is 5.32 Å². The Hall–Kier alpha value is -3.72. The molecule has 0 aromatic heterocycles. The molecule has 0 radical (unpaired) electrons. The molecule has 2 aromatic carbocycles. The van der Waals surface area contributed by atoms with Gasteiger partial charge in [0.2, 0.25) is 0 Å². The van der Waals surface area contributed by atoms with Crippen LogP contribution in [-0.4, -0.2) is 10.7 Å². The molecule has 0 saturated heterocycles. The van der Waals surface area contributed by atoms with Crippen molar-refractivity contribution in [3.8, 4) is 6.07 Å². The highest BCUT2D eigenvalue weighted by molar-refractivity contribution is 6.00. The quantitative estimate of drug-likeness (QED) is 0.621. The predicted octanol–water partition coefficient (Wildman–Crippen LogP) is 4.48. The summed E-state index contributed by atoms with van der Waals surface area (Å²) in [6, 6.07) is 18.3. The molecule has 1 N–H and O–H groups in total. The van der Waals surface area contributed by atoms with Gasteiger partial charge < -0.3 is 5.32 Å². The first-order valence-corrected chi connectivity index (χ1v) is 9.43. The summed E-state index contributed by atoms with van der Waals surface area (Å²) < 4.78 is 0. The second-order valence-corrected chi connectivity index (χ2v) is 7.39. The minimum absolute atomic E-state index is 0.0237. The van der Waals surface area contributed by atoms with Crippen LogP contribution in [0, 0.1) is 21.4 Å². The minimum atomic E-state index is -0.583. The van der Waals surface area contributed by atoms with E-state index in [4.69, 9.17) is 0 Å². The van der Waals surface area contributed by atoms with Crippen LogP contribution >= 0.6 is 0 Å². The lowest BCUT2D eigenvalue weighted by molar-refractivity contribution is -0.384. The Bertz CT molecular complexity index is 1110. The normalized spacial score (nSPS) is 21.3. The Balaban J connectivity index is 1.81. The molecule has 0 bridgehead atoms. The van der Waals surface area contributed by atoms with Gasteiger partial charge in [-0.3, -0.25) is 14.9 Å². The second-order valence-electron chi connectivity index (χ2n) is 7.39. The lowest BCUT2D eigenvalue weighted by Crippen LogP contribution is -2.33. The zero-order valence-corrected chi connectivity index (χ0v) is 15.9. The van der Waals surface area contributed by atoms with E-state index in [2.05, 4.69) is 11.4 Å². The summed E-state index contributed by atoms with van der Waals surface area (Å²) in [7, 11) is 0. The number of allylic oxidation sites excluding steroid dienone is 4. The van der Waals surface area contributed by atoms with E-state index >= 15 is 0 Å². The number of nitro benzene ring substituents is 1. The number of nitriles is 1. The average molecular weight is 385 g/mol. The fourth-order valence-corrected chi connectivity index (χ4v) is 4.30. The maximum Gasteiger partial charge on any atom is 0.269 e. The van der Waals surface area contributed by atoms with Crippen molar-refractivity contribution in [1.82, 2.24) is 5.32 Å². The van der Waals surface area contributed by atoms with Gasteiger partial charge in [0.15, 0.2) is 5.78 Å². The van der Waals surface area contributed by atoms with Crippen molar-refractivity contribution in [1.29, 1.82) is 5.26 Å². The zero-order chi connectivity index (χ0) is 20.5. The van der Waals surface area contributed by atoms with E-state index in [-0.39, 0.29) is 17.4 Å². The molecule has 2 atom stereocenters. The number of non-ortho nitro benzene ring substituents is 1. The van der Waals surface area contributed by atoms with Gasteiger partial charge in [-0.1, -0.05) is 42.5 Å². The molecule has 2 aromatic rings. The van der Waals surface area contributed by atoms with Crippen LogP contribution in [0.2, 0.25) is 0 Å². The highest BCUT2D eigenvalue weighted by Gasteiger charge is 2.39. The van der Waals surface area contributed by atoms with Crippen molar-refractivity contribution in [3.63, 3.8) is 0 Å². The molecule has 29 heavy (non-hydrogen) atoms. The third kappa shape index (κ3) is 3.32. The number of hydrogen-bond acceptors (Lipinski definition) is 5. The van der Waals surface area contributed by atoms with E-state index in [0.29, 0.717) is 35.2 Å². The molecule has 2 aliphatic rings. The van der Waals surface area contributed by atoms with E-state index in [9.17, 15) is 20.2 Å². The summed E-state index contributed by atoms with van der Waals surface area (Å²) in [5.74, 6) is -0.540. The van der Waals surface area contributed by atoms with E-state index in [1.54, 1.807) is 12.1 Å². The number of benzene rings is 2. The first-order chi connectivity index (χ1) is 14.0. The molecular formula is C23H19N3O3. The van der Waals surface area contributed by atoms with Crippen LogP contribution in [0.15, 0.2) is 77.1 Å². The van der Waals surface area contributed by atoms with Crippen LogP contribution in [0.25, 0.3) is 0 Å². The molecule has 0 amide bonds. The SMILES string of the molecule is CC1=C(C#N)[C@H](c2cccc([N+](=O)[O-])c2)C2=C(C[C@@H](c3ccccc3)CC2=O)N1. The van der Waals surface area contributed by atoms with Gasteiger partial charge in [-0.05, 0) is 30.4 Å². The largest absolute Gasteiger partial charge is 0.361 e. The Morgan fingerprint density at radius 3 is 2.52 bits per heavy atom. The summed E-state index contributed by atoms with van der Waals surface area (Å²) in [4.78, 5) is 24.0. The number of carbonyl (C=O) groups excluding carboxylic acids is 1. The number of rotatable bonds is 3. The topological polar surface area (TPSA) is 96.0 Å². The summed E-state index contributed by atoms with van der Waals surface area (Å²) in [6.45, 7) is 1.81. The molecule has 0 unspecified atom stereocenters. The summed E-state index contributed by atoms with van der Waals surface area (Å²) in [5.41, 5.74) is 4.12. The highest BCUT2D eigenvalue weighted by atomic mass is 16.6. The number of ketones is 1. The van der Waals surface area contributed by atoms with Gasteiger partial charge in [0.1, 0.15) is 0 Å². The number of nitrogens with zero attached hydrogens (tertiary/aromatic N) is 2. The van der Waals surface area contributed by atoms with Gasteiger partial charge >= 0.3 is 0 Å². The number of hydrogen-bond donors (Lipinski definition) is 1. The molecule has 0 fully saturated rings. The van der Waals surface area contributed by atoms with Crippen LogP contribution in [-0.2, 0) is 4.79 Å². The molecule has 1 aliphatic heterocycles. The molecule has 6 nitrogen and oxygen atoms in total. The van der Waals surface area contributed by atoms with E-state index in [1.165, 1.54) is 12.1 Å². The summed E-state index contributed by atoms with van der Waals surface area (Å²) in [5, 5.41) is 24.3. The number of nitro groups is 1. The van der Waals surface area contributed by atoms with E-state index in [0.717, 1.165) is 11.3 Å². The maximum absolute atomic E-state index is 13.2. The van der Waals surface area contributed by atoms with Crippen molar-refractivity contribution in [2.24, 2.45) is 0 Å². The summed E-state index contributed by atoms with van der Waals surface area (Å²) in [6.07, 6.45) is 1.01. The van der Waals surface area contributed by atoms with E-state index in [1.807, 2.05) is 37.3 Å². The Morgan fingerprint density at radius 2 is 1.83 bits per heavy atom. The third-order valence-electron chi connectivity index (χ3n) is 5.63. The van der Waals surface area contributed by atoms with Gasteiger partial charge in [-0.15, -0.1) is 0 Å². The molecular weight excluding hydrogens is 366 g/mol. The molecule has 1 aliphatic carbocycles. The molecule has 0 saturated carbocycles. The lowest BCUT2D eigenvalue weighted by Gasteiger charge is -2.35. The average Bonchev–Trinajstić information content (AvgIpc) is 2.73. The number of nitrogens with one attached hydrogen (secondary N) is 1. The highest BCUT2D eigenvalue weighted by Crippen LogP contribution is 2.45. The second kappa shape index (κ2) is 7.36. The van der Waals surface area contributed by atoms with Crippen molar-refractivity contribution >= 4 is 11.5 Å². The van der Waals surface area contributed by atoms with Crippen LogP contribution in [0.3, 0.4) is 0 Å². The van der Waals surface area contributed by atoms with Crippen molar-refractivity contribution in [3.05, 3.63) is 98.4 Å². The van der Waals surface area contributed by atoms with Gasteiger partial charge in [0.05, 0.1) is 22.5 Å². The molecule has 144 valence electrons. The summed E-state index contributed by atoms with van der Waals surface area (Å²) >= 11 is 0. The van der Waals surface area contributed by atoms with Crippen molar-refractivity contribution < 1.29 is 9.72 Å². The monoisotopic (exact) mass is 385 g/mol. The maximum atomic E-state index is 13.2. The van der Waals surface area contributed by atoms with Gasteiger partial charge in [-0.2, -0.15) is 5.26 Å². The first kappa shape index (κ1) is 18.6. The van der Waals surface area contributed by atoms with Crippen LogP contribution in [0.4, 0.5) is 5.69 Å². The van der Waals surface area contributed by atoms with Crippen LogP contribution in [0.5, 0.6) is 0 Å². The molecule has 4 rings (SSSR count). The number of dihydropyridines is 1. The molecule has 6 heteroatoms. The number of Topliss-reactive ketones (excluding diaryl/α,β-unsaturated/α-hetero) is 1. The molecule has 1 heterocycles. The third-order valence-corrected chi connectivity index (χ3v) is 5.63. The van der Waals surface area contributed by atoms with Crippen molar-refractivity contribution in [2.45, 2.75) is 31.6 Å². The van der Waals surface area contributed by atoms with Crippen molar-refractivity contribution in [2.75, 3.05) is 0 Å². The Labute approximate surface area is 168 Å². The standard InChI is InChI=1S/C23H19N3O3/c1-14-19(13-24)22(16-8-5-9-18(10-16)26(28)29)23-20(25-14)11-17(12-21(23)27)15-6-3-2-4-7-15/h2-10,17,22,25H,11-12H2,1H3/t17-,22+/m1/s1. The first-order valence-electron chi connectivity index (χ1n) is 9.43.